The lowest BCUT2D eigenvalue weighted by Crippen LogP contribution is -2.43. The molecule has 2 aromatic carbocycles. The standard InChI is InChI=1S/C25H27N3O5/c29-23(27-10-8-18(9-11-27)12-17-4-2-1-3-5-17)14-20-24(30)28(25(31)26-20)15-19-6-7-21-22(13-19)33-16-32-21/h1-7,13,18,20H,8-12,14-16H2,(H,26,31). The number of fused-ring (bicyclic) bond motifs is 1. The molecule has 0 aromatic heterocycles. The van der Waals surface area contributed by atoms with Crippen molar-refractivity contribution in [1.82, 2.24) is 15.1 Å². The highest BCUT2D eigenvalue weighted by atomic mass is 16.7. The van der Waals surface area contributed by atoms with Crippen LogP contribution in [0.15, 0.2) is 48.5 Å². The molecule has 0 bridgehead atoms. The average Bonchev–Trinajstić information content (AvgIpc) is 3.40. The normalized spacial score (nSPS) is 20.3. The third-order valence-corrected chi connectivity index (χ3v) is 6.60. The van der Waals surface area contributed by atoms with Crippen molar-refractivity contribution in [3.05, 3.63) is 59.7 Å². The van der Waals surface area contributed by atoms with Gasteiger partial charge in [-0.05, 0) is 48.4 Å². The Hall–Kier alpha value is -3.55. The maximum Gasteiger partial charge on any atom is 0.325 e. The first kappa shape index (κ1) is 21.3. The smallest absolute Gasteiger partial charge is 0.325 e. The second kappa shape index (κ2) is 9.13. The molecule has 0 spiro atoms. The van der Waals surface area contributed by atoms with Crippen LogP contribution < -0.4 is 14.8 Å². The molecule has 1 unspecified atom stereocenters. The van der Waals surface area contributed by atoms with Gasteiger partial charge in [-0.2, -0.15) is 0 Å². The minimum atomic E-state index is -0.818. The number of imide groups is 1. The summed E-state index contributed by atoms with van der Waals surface area (Å²) in [5.74, 6) is 1.34. The van der Waals surface area contributed by atoms with Crippen LogP contribution in [0.4, 0.5) is 4.79 Å². The predicted octanol–water partition coefficient (Wildman–Crippen LogP) is 2.71. The Morgan fingerprint density at radius 1 is 0.970 bits per heavy atom. The number of carbonyl (C=O) groups is 3. The van der Waals surface area contributed by atoms with E-state index in [4.69, 9.17) is 9.47 Å². The highest BCUT2D eigenvalue weighted by Crippen LogP contribution is 2.33. The first-order valence-electron chi connectivity index (χ1n) is 11.4. The van der Waals surface area contributed by atoms with Crippen molar-refractivity contribution < 1.29 is 23.9 Å². The maximum absolute atomic E-state index is 12.8. The summed E-state index contributed by atoms with van der Waals surface area (Å²) in [7, 11) is 0. The first-order valence-corrected chi connectivity index (χ1v) is 11.4. The number of nitrogens with zero attached hydrogens (tertiary/aromatic N) is 2. The zero-order valence-corrected chi connectivity index (χ0v) is 18.4. The number of hydrogen-bond acceptors (Lipinski definition) is 5. The second-order valence-corrected chi connectivity index (χ2v) is 8.83. The maximum atomic E-state index is 12.8. The molecule has 0 saturated carbocycles. The van der Waals surface area contributed by atoms with Crippen LogP contribution in [0.2, 0.25) is 0 Å². The molecule has 33 heavy (non-hydrogen) atoms. The Bertz CT molecular complexity index is 1050. The third-order valence-electron chi connectivity index (χ3n) is 6.60. The van der Waals surface area contributed by atoms with Crippen LogP contribution in [0.1, 0.15) is 30.4 Å². The molecule has 3 heterocycles. The lowest BCUT2D eigenvalue weighted by atomic mass is 9.90. The quantitative estimate of drug-likeness (QED) is 0.685. The number of hydrogen-bond donors (Lipinski definition) is 1. The topological polar surface area (TPSA) is 88.2 Å². The van der Waals surface area contributed by atoms with Crippen LogP contribution in [0.25, 0.3) is 0 Å². The van der Waals surface area contributed by atoms with E-state index in [2.05, 4.69) is 29.6 Å². The number of rotatable bonds is 6. The number of ether oxygens (including phenoxy) is 2. The molecule has 0 aliphatic carbocycles. The van der Waals surface area contributed by atoms with Gasteiger partial charge >= 0.3 is 6.03 Å². The van der Waals surface area contributed by atoms with Crippen molar-refractivity contribution in [3.8, 4) is 11.5 Å². The van der Waals surface area contributed by atoms with Gasteiger partial charge in [0, 0.05) is 13.1 Å². The summed E-state index contributed by atoms with van der Waals surface area (Å²) < 4.78 is 10.7. The van der Waals surface area contributed by atoms with Crippen molar-refractivity contribution in [3.63, 3.8) is 0 Å². The number of amides is 4. The minimum Gasteiger partial charge on any atom is -0.454 e. The van der Waals surface area contributed by atoms with Crippen LogP contribution in [-0.2, 0) is 22.6 Å². The molecule has 8 nitrogen and oxygen atoms in total. The molecule has 1 N–H and O–H groups in total. The highest BCUT2D eigenvalue weighted by molar-refractivity contribution is 6.05. The summed E-state index contributed by atoms with van der Waals surface area (Å²) in [6.45, 7) is 1.66. The Morgan fingerprint density at radius 3 is 2.52 bits per heavy atom. The molecule has 4 amide bonds. The first-order chi connectivity index (χ1) is 16.1. The molecule has 2 aromatic rings. The zero-order valence-electron chi connectivity index (χ0n) is 18.4. The fraction of sp³-hybridized carbons (Fsp3) is 0.400. The van der Waals surface area contributed by atoms with E-state index in [1.807, 2.05) is 11.0 Å². The van der Waals surface area contributed by atoms with E-state index in [0.29, 0.717) is 30.5 Å². The number of nitrogens with one attached hydrogen (secondary N) is 1. The van der Waals surface area contributed by atoms with Crippen molar-refractivity contribution in [1.29, 1.82) is 0 Å². The van der Waals surface area contributed by atoms with Crippen molar-refractivity contribution in [2.75, 3.05) is 19.9 Å². The number of piperidine rings is 1. The Morgan fingerprint density at radius 2 is 1.73 bits per heavy atom. The molecule has 0 radical (unpaired) electrons. The van der Waals surface area contributed by atoms with Gasteiger partial charge in [0.1, 0.15) is 6.04 Å². The van der Waals surface area contributed by atoms with E-state index < -0.39 is 12.1 Å². The zero-order chi connectivity index (χ0) is 22.8. The van der Waals surface area contributed by atoms with Crippen LogP contribution in [0.3, 0.4) is 0 Å². The van der Waals surface area contributed by atoms with Crippen LogP contribution >= 0.6 is 0 Å². The van der Waals surface area contributed by atoms with Crippen LogP contribution in [0, 0.1) is 5.92 Å². The summed E-state index contributed by atoms with van der Waals surface area (Å²) in [5.41, 5.74) is 2.08. The van der Waals surface area contributed by atoms with Gasteiger partial charge in [-0.25, -0.2) is 4.79 Å². The minimum absolute atomic E-state index is 0.00837. The molecule has 3 aliphatic rings. The van der Waals surface area contributed by atoms with Crippen molar-refractivity contribution in [2.24, 2.45) is 5.92 Å². The fourth-order valence-corrected chi connectivity index (χ4v) is 4.72. The Labute approximate surface area is 192 Å². The number of carbonyl (C=O) groups excluding carboxylic acids is 3. The van der Waals surface area contributed by atoms with Crippen molar-refractivity contribution in [2.45, 2.75) is 38.3 Å². The summed E-state index contributed by atoms with van der Waals surface area (Å²) in [5, 5.41) is 2.67. The van der Waals surface area contributed by atoms with Crippen LogP contribution in [-0.4, -0.2) is 53.6 Å². The Balaban J connectivity index is 1.13. The molecule has 3 aliphatic heterocycles. The molecule has 2 saturated heterocycles. The van der Waals surface area contributed by atoms with E-state index in [1.165, 1.54) is 5.56 Å². The fourth-order valence-electron chi connectivity index (χ4n) is 4.72. The lowest BCUT2D eigenvalue weighted by Gasteiger charge is -2.32. The van der Waals surface area contributed by atoms with Gasteiger partial charge in [-0.3, -0.25) is 14.5 Å². The van der Waals surface area contributed by atoms with Crippen LogP contribution in [0.5, 0.6) is 11.5 Å². The predicted molar refractivity (Wildman–Crippen MR) is 120 cm³/mol. The van der Waals surface area contributed by atoms with E-state index in [-0.39, 0.29) is 31.6 Å². The van der Waals surface area contributed by atoms with Gasteiger partial charge in [0.25, 0.3) is 5.91 Å². The second-order valence-electron chi connectivity index (χ2n) is 8.83. The number of benzene rings is 2. The molecule has 8 heteroatoms. The number of likely N-dealkylation sites (tertiary alicyclic amines) is 1. The van der Waals surface area contributed by atoms with E-state index in [1.54, 1.807) is 18.2 Å². The van der Waals surface area contributed by atoms with Gasteiger partial charge in [-0.1, -0.05) is 36.4 Å². The van der Waals surface area contributed by atoms with Gasteiger partial charge in [-0.15, -0.1) is 0 Å². The third kappa shape index (κ3) is 4.65. The summed E-state index contributed by atoms with van der Waals surface area (Å²) in [6.07, 6.45) is 2.91. The van der Waals surface area contributed by atoms with Gasteiger partial charge < -0.3 is 19.7 Å². The molecule has 2 fully saturated rings. The molecular formula is C25H27N3O5. The molecular weight excluding hydrogens is 422 g/mol. The molecule has 172 valence electrons. The number of urea groups is 1. The van der Waals surface area contributed by atoms with Crippen molar-refractivity contribution >= 4 is 17.8 Å². The van der Waals surface area contributed by atoms with Gasteiger partial charge in [0.2, 0.25) is 12.7 Å². The van der Waals surface area contributed by atoms with E-state index in [0.717, 1.165) is 29.7 Å². The average molecular weight is 450 g/mol. The monoisotopic (exact) mass is 449 g/mol. The summed E-state index contributed by atoms with van der Waals surface area (Å²) in [4.78, 5) is 41.1. The van der Waals surface area contributed by atoms with Gasteiger partial charge in [0.05, 0.1) is 13.0 Å². The molecule has 1 atom stereocenters. The summed E-state index contributed by atoms with van der Waals surface area (Å²) >= 11 is 0. The highest BCUT2D eigenvalue weighted by Gasteiger charge is 2.40. The summed E-state index contributed by atoms with van der Waals surface area (Å²) in [6, 6.07) is 14.4. The van der Waals surface area contributed by atoms with Gasteiger partial charge in [0.15, 0.2) is 11.5 Å². The van der Waals surface area contributed by atoms with E-state index >= 15 is 0 Å². The lowest BCUT2D eigenvalue weighted by molar-refractivity contribution is -0.136. The largest absolute Gasteiger partial charge is 0.454 e. The SMILES string of the molecule is O=C(CC1NC(=O)N(Cc2ccc3c(c2)OCO3)C1=O)N1CCC(Cc2ccccc2)CC1. The Kier molecular flexibility index (Phi) is 5.90. The van der Waals surface area contributed by atoms with E-state index in [9.17, 15) is 14.4 Å². The molecule has 5 rings (SSSR count).